The fraction of sp³-hybridized carbons (Fsp3) is 0.263. The van der Waals surface area contributed by atoms with E-state index in [9.17, 15) is 27.6 Å². The lowest BCUT2D eigenvalue weighted by atomic mass is 9.92. The summed E-state index contributed by atoms with van der Waals surface area (Å²) in [4.78, 5) is 23.8. The summed E-state index contributed by atoms with van der Waals surface area (Å²) >= 11 is 0. The van der Waals surface area contributed by atoms with E-state index >= 15 is 0 Å². The van der Waals surface area contributed by atoms with Crippen LogP contribution in [0.1, 0.15) is 13.8 Å². The topological polar surface area (TPSA) is 125 Å². The summed E-state index contributed by atoms with van der Waals surface area (Å²) in [5.74, 6) is -1.29. The van der Waals surface area contributed by atoms with Crippen molar-refractivity contribution >= 4 is 21.8 Å². The lowest BCUT2D eigenvalue weighted by Crippen LogP contribution is -2.69. The number of hydrogen-bond acceptors (Lipinski definition) is 7. The van der Waals surface area contributed by atoms with E-state index in [2.05, 4.69) is 10.6 Å². The van der Waals surface area contributed by atoms with Crippen LogP contribution in [0.25, 0.3) is 0 Å². The summed E-state index contributed by atoms with van der Waals surface area (Å²) in [5, 5.41) is 15.4. The van der Waals surface area contributed by atoms with Gasteiger partial charge in [-0.1, -0.05) is 0 Å². The number of hydroxylamine groups is 1. The second kappa shape index (κ2) is 8.01. The number of amides is 2. The number of halogens is 1. The van der Waals surface area contributed by atoms with Gasteiger partial charge in [-0.05, 0) is 62.4 Å². The van der Waals surface area contributed by atoms with Crippen molar-refractivity contribution in [3.8, 4) is 11.5 Å². The molecule has 30 heavy (non-hydrogen) atoms. The molecular weight excluding hydrogens is 417 g/mol. The quantitative estimate of drug-likeness (QED) is 0.477. The van der Waals surface area contributed by atoms with Crippen molar-refractivity contribution in [1.82, 2.24) is 15.1 Å². The van der Waals surface area contributed by atoms with Crippen molar-refractivity contribution in [3.05, 3.63) is 54.3 Å². The number of piperazine rings is 1. The highest BCUT2D eigenvalue weighted by Gasteiger charge is 2.44. The van der Waals surface area contributed by atoms with Crippen molar-refractivity contribution in [3.63, 3.8) is 0 Å². The summed E-state index contributed by atoms with van der Waals surface area (Å²) in [7, 11) is -4.56. The Bertz CT molecular complexity index is 1050. The summed E-state index contributed by atoms with van der Waals surface area (Å²) < 4.78 is 43.4. The average molecular weight is 437 g/mol. The van der Waals surface area contributed by atoms with Crippen LogP contribution in [-0.2, 0) is 19.6 Å². The molecule has 2 aromatic rings. The van der Waals surface area contributed by atoms with E-state index in [0.29, 0.717) is 5.75 Å². The van der Waals surface area contributed by atoms with Crippen LogP contribution in [0.5, 0.6) is 11.5 Å². The number of ether oxygens (including phenoxy) is 1. The summed E-state index contributed by atoms with van der Waals surface area (Å²) in [6.07, 6.45) is 0. The molecule has 0 aromatic heterocycles. The number of sulfonamides is 1. The number of carbonyl (C=O) groups excluding carboxylic acids is 2. The molecular formula is C19H20FN3O6S. The van der Waals surface area contributed by atoms with Crippen LogP contribution in [0.4, 0.5) is 4.39 Å². The molecule has 2 amide bonds. The Morgan fingerprint density at radius 1 is 1.13 bits per heavy atom. The predicted octanol–water partition coefficient (Wildman–Crippen LogP) is 1.39. The van der Waals surface area contributed by atoms with Gasteiger partial charge in [0.2, 0.25) is 5.91 Å². The molecule has 11 heteroatoms. The maximum atomic E-state index is 12.9. The number of carbonyl (C=O) groups is 2. The van der Waals surface area contributed by atoms with Gasteiger partial charge in [0, 0.05) is 0 Å². The minimum atomic E-state index is -4.56. The van der Waals surface area contributed by atoms with Crippen LogP contribution in [0.3, 0.4) is 0 Å². The van der Waals surface area contributed by atoms with Crippen LogP contribution >= 0.6 is 0 Å². The molecule has 0 bridgehead atoms. The molecule has 1 saturated heterocycles. The van der Waals surface area contributed by atoms with Gasteiger partial charge in [0.1, 0.15) is 23.4 Å². The number of rotatable bonds is 5. The largest absolute Gasteiger partial charge is 0.457 e. The lowest BCUT2D eigenvalue weighted by molar-refractivity contribution is -0.152. The Labute approximate surface area is 172 Å². The van der Waals surface area contributed by atoms with Crippen LogP contribution in [0.2, 0.25) is 0 Å². The van der Waals surface area contributed by atoms with Gasteiger partial charge in [-0.25, -0.2) is 4.39 Å². The first-order chi connectivity index (χ1) is 14.0. The van der Waals surface area contributed by atoms with Crippen molar-refractivity contribution in [2.24, 2.45) is 0 Å². The fourth-order valence-electron chi connectivity index (χ4n) is 2.97. The van der Waals surface area contributed by atoms with E-state index in [-0.39, 0.29) is 27.6 Å². The molecule has 3 rings (SSSR count). The molecule has 0 spiro atoms. The number of nitrogens with one attached hydrogen (secondary N) is 2. The van der Waals surface area contributed by atoms with Gasteiger partial charge in [0.15, 0.2) is 0 Å². The third-order valence-electron chi connectivity index (χ3n) is 4.48. The zero-order valence-corrected chi connectivity index (χ0v) is 16.9. The Hall–Kier alpha value is -3.02. The molecule has 2 aromatic carbocycles. The van der Waals surface area contributed by atoms with E-state index in [1.54, 1.807) is 0 Å². The van der Waals surface area contributed by atoms with Gasteiger partial charge in [-0.2, -0.15) is 8.42 Å². The van der Waals surface area contributed by atoms with E-state index in [1.807, 2.05) is 0 Å². The summed E-state index contributed by atoms with van der Waals surface area (Å²) in [6, 6.07) is 9.07. The number of benzene rings is 2. The first-order valence-electron chi connectivity index (χ1n) is 8.86. The predicted molar refractivity (Wildman–Crippen MR) is 103 cm³/mol. The minimum absolute atomic E-state index is 0.191. The van der Waals surface area contributed by atoms with E-state index < -0.39 is 33.3 Å². The molecule has 1 aliphatic heterocycles. The van der Waals surface area contributed by atoms with Crippen molar-refractivity contribution in [2.75, 3.05) is 6.54 Å². The first-order valence-corrected chi connectivity index (χ1v) is 10.3. The fourth-order valence-corrected chi connectivity index (χ4v) is 3.99. The molecule has 160 valence electrons. The van der Waals surface area contributed by atoms with Gasteiger partial charge in [-0.15, -0.1) is 4.47 Å². The molecule has 0 saturated carbocycles. The van der Waals surface area contributed by atoms with Gasteiger partial charge in [-0.3, -0.25) is 20.1 Å². The van der Waals surface area contributed by atoms with Crippen LogP contribution in [0, 0.1) is 5.82 Å². The molecule has 0 radical (unpaired) electrons. The lowest BCUT2D eigenvalue weighted by Gasteiger charge is -2.39. The van der Waals surface area contributed by atoms with Crippen molar-refractivity contribution < 1.29 is 32.3 Å². The maximum absolute atomic E-state index is 12.9. The molecule has 3 N–H and O–H groups in total. The van der Waals surface area contributed by atoms with E-state index in [1.165, 1.54) is 50.2 Å². The molecule has 9 nitrogen and oxygen atoms in total. The van der Waals surface area contributed by atoms with Crippen LogP contribution in [0.15, 0.2) is 53.4 Å². The van der Waals surface area contributed by atoms with E-state index in [4.69, 9.17) is 4.74 Å². The standard InChI is InChI=1S/C19H20FN3O6S/c1-19(2)17(21-11-16(24)22-19)18(25)23(26)30(27,28)15-9-7-14(8-10-15)29-13-5-3-12(20)4-6-13/h3-10,17,21,26H,11H2,1-2H3,(H,22,24). The Balaban J connectivity index is 1.76. The SMILES string of the molecule is CC1(C)NC(=O)CNC1C(=O)N(O)S(=O)(=O)c1ccc(Oc2ccc(F)cc2)cc1. The molecule has 1 heterocycles. The molecule has 0 aliphatic carbocycles. The molecule has 1 fully saturated rings. The van der Waals surface area contributed by atoms with Gasteiger partial charge in [0.25, 0.3) is 15.9 Å². The van der Waals surface area contributed by atoms with Crippen LogP contribution < -0.4 is 15.4 Å². The Kier molecular flexibility index (Phi) is 5.79. The number of nitrogens with zero attached hydrogens (tertiary/aromatic N) is 1. The normalized spacial score (nSPS) is 18.4. The molecule has 1 unspecified atom stereocenters. The van der Waals surface area contributed by atoms with Crippen molar-refractivity contribution in [2.45, 2.75) is 30.3 Å². The Morgan fingerprint density at radius 3 is 2.20 bits per heavy atom. The van der Waals surface area contributed by atoms with Crippen LogP contribution in [-0.4, -0.2) is 48.0 Å². The third-order valence-corrected chi connectivity index (χ3v) is 5.99. The maximum Gasteiger partial charge on any atom is 0.289 e. The van der Waals surface area contributed by atoms with Gasteiger partial charge in [0.05, 0.1) is 17.0 Å². The van der Waals surface area contributed by atoms with Gasteiger partial charge >= 0.3 is 0 Å². The highest BCUT2D eigenvalue weighted by Crippen LogP contribution is 2.25. The first kappa shape index (κ1) is 21.7. The third kappa shape index (κ3) is 4.42. The smallest absolute Gasteiger partial charge is 0.289 e. The monoisotopic (exact) mass is 437 g/mol. The van der Waals surface area contributed by atoms with E-state index in [0.717, 1.165) is 12.1 Å². The highest BCUT2D eigenvalue weighted by molar-refractivity contribution is 7.89. The zero-order valence-electron chi connectivity index (χ0n) is 16.1. The second-order valence-electron chi connectivity index (χ2n) is 7.20. The number of hydrogen-bond donors (Lipinski definition) is 3. The molecule has 1 atom stereocenters. The Morgan fingerprint density at radius 2 is 1.67 bits per heavy atom. The highest BCUT2D eigenvalue weighted by atomic mass is 32.2. The van der Waals surface area contributed by atoms with Crippen molar-refractivity contribution in [1.29, 1.82) is 0 Å². The zero-order chi connectivity index (χ0) is 22.1. The average Bonchev–Trinajstić information content (AvgIpc) is 2.68. The second-order valence-corrected chi connectivity index (χ2v) is 8.96. The summed E-state index contributed by atoms with van der Waals surface area (Å²) in [5.41, 5.74) is -1.12. The summed E-state index contributed by atoms with van der Waals surface area (Å²) in [6.45, 7) is 2.87. The van der Waals surface area contributed by atoms with Gasteiger partial charge < -0.3 is 10.1 Å². The molecule has 1 aliphatic rings. The minimum Gasteiger partial charge on any atom is -0.457 e.